The summed E-state index contributed by atoms with van der Waals surface area (Å²) in [6, 6.07) is 22.4. The minimum Gasteiger partial charge on any atom is -0.381 e. The summed E-state index contributed by atoms with van der Waals surface area (Å²) in [6.07, 6.45) is 5.89. The first-order valence-corrected chi connectivity index (χ1v) is 10.2. The molecule has 1 fully saturated rings. The van der Waals surface area contributed by atoms with E-state index in [0.29, 0.717) is 12.3 Å². The summed E-state index contributed by atoms with van der Waals surface area (Å²) in [6.45, 7) is 1.50. The fraction of sp³-hybridized carbons (Fsp3) is 0.280. The number of carbonyl (C=O) groups is 1. The van der Waals surface area contributed by atoms with Crippen molar-refractivity contribution < 1.29 is 9.53 Å². The molecule has 1 saturated heterocycles. The van der Waals surface area contributed by atoms with E-state index in [0.717, 1.165) is 42.7 Å². The number of rotatable bonds is 6. The Kier molecular flexibility index (Phi) is 6.32. The first kappa shape index (κ1) is 19.3. The Labute approximate surface area is 172 Å². The van der Waals surface area contributed by atoms with Crippen LogP contribution in [-0.4, -0.2) is 24.1 Å². The van der Waals surface area contributed by atoms with E-state index in [9.17, 15) is 4.79 Å². The maximum Gasteiger partial charge on any atom is 0.224 e. The summed E-state index contributed by atoms with van der Waals surface area (Å²) in [7, 11) is 0. The molecule has 1 aliphatic heterocycles. The number of nitrogens with one attached hydrogen (secondary N) is 1. The third-order valence-electron chi connectivity index (χ3n) is 5.52. The fourth-order valence-corrected chi connectivity index (χ4v) is 3.94. The van der Waals surface area contributed by atoms with Crippen LogP contribution in [0.5, 0.6) is 0 Å². The Morgan fingerprint density at radius 2 is 1.69 bits per heavy atom. The van der Waals surface area contributed by atoms with Crippen LogP contribution in [0.1, 0.15) is 30.0 Å². The predicted molar refractivity (Wildman–Crippen MR) is 114 cm³/mol. The van der Waals surface area contributed by atoms with E-state index in [4.69, 9.17) is 4.74 Å². The Bertz CT molecular complexity index is 905. The molecular formula is C25H26N2O2. The van der Waals surface area contributed by atoms with Crippen LogP contribution >= 0.6 is 0 Å². The molecule has 2 aromatic carbocycles. The number of aromatic nitrogens is 1. The van der Waals surface area contributed by atoms with Gasteiger partial charge < -0.3 is 10.1 Å². The minimum absolute atomic E-state index is 0.0244. The maximum atomic E-state index is 12.8. The van der Waals surface area contributed by atoms with Gasteiger partial charge >= 0.3 is 0 Å². The van der Waals surface area contributed by atoms with Crippen molar-refractivity contribution in [3.63, 3.8) is 0 Å². The number of benzene rings is 2. The Morgan fingerprint density at radius 1 is 0.966 bits per heavy atom. The topological polar surface area (TPSA) is 51.2 Å². The summed E-state index contributed by atoms with van der Waals surface area (Å²) < 4.78 is 5.51. The van der Waals surface area contributed by atoms with Crippen LogP contribution in [0.4, 0.5) is 0 Å². The second-order valence-electron chi connectivity index (χ2n) is 7.52. The minimum atomic E-state index is -0.0244. The van der Waals surface area contributed by atoms with Crippen LogP contribution in [0, 0.1) is 5.92 Å². The first-order valence-electron chi connectivity index (χ1n) is 10.2. The predicted octanol–water partition coefficient (Wildman–Crippen LogP) is 4.58. The average molecular weight is 386 g/mol. The monoisotopic (exact) mass is 386 g/mol. The van der Waals surface area contributed by atoms with Crippen LogP contribution in [0.15, 0.2) is 79.1 Å². The molecule has 0 saturated carbocycles. The Morgan fingerprint density at radius 3 is 2.38 bits per heavy atom. The maximum absolute atomic E-state index is 12.8. The largest absolute Gasteiger partial charge is 0.381 e. The van der Waals surface area contributed by atoms with Gasteiger partial charge in [0.05, 0.1) is 12.5 Å². The number of pyridine rings is 1. The SMILES string of the molecule is O=C(Cc1ccc(-c2ccccc2)cc1)NC(c1cccnc1)C1CCOCC1. The van der Waals surface area contributed by atoms with Crippen LogP contribution in [0.2, 0.25) is 0 Å². The van der Waals surface area contributed by atoms with Crippen molar-refractivity contribution in [2.75, 3.05) is 13.2 Å². The van der Waals surface area contributed by atoms with E-state index in [-0.39, 0.29) is 11.9 Å². The molecule has 1 unspecified atom stereocenters. The molecular weight excluding hydrogens is 360 g/mol. The third-order valence-corrected chi connectivity index (χ3v) is 5.52. The molecule has 4 nitrogen and oxygen atoms in total. The van der Waals surface area contributed by atoms with Gasteiger partial charge in [-0.3, -0.25) is 9.78 Å². The second-order valence-corrected chi connectivity index (χ2v) is 7.52. The zero-order valence-electron chi connectivity index (χ0n) is 16.5. The Hall–Kier alpha value is -2.98. The molecule has 29 heavy (non-hydrogen) atoms. The van der Waals surface area contributed by atoms with E-state index >= 15 is 0 Å². The lowest BCUT2D eigenvalue weighted by atomic mass is 9.87. The van der Waals surface area contributed by atoms with Crippen molar-refractivity contribution in [3.05, 3.63) is 90.3 Å². The lowest BCUT2D eigenvalue weighted by Gasteiger charge is -2.31. The Balaban J connectivity index is 1.44. The van der Waals surface area contributed by atoms with Gasteiger partial charge in [0.25, 0.3) is 0 Å². The lowest BCUT2D eigenvalue weighted by molar-refractivity contribution is -0.121. The molecule has 0 spiro atoms. The zero-order chi connectivity index (χ0) is 19.9. The smallest absolute Gasteiger partial charge is 0.224 e. The molecule has 4 rings (SSSR count). The van der Waals surface area contributed by atoms with E-state index < -0.39 is 0 Å². The van der Waals surface area contributed by atoms with E-state index in [1.165, 1.54) is 5.56 Å². The van der Waals surface area contributed by atoms with Gasteiger partial charge in [-0.2, -0.15) is 0 Å². The van der Waals surface area contributed by atoms with Gasteiger partial charge in [-0.25, -0.2) is 0 Å². The summed E-state index contributed by atoms with van der Waals surface area (Å²) in [4.78, 5) is 17.1. The number of nitrogens with zero attached hydrogens (tertiary/aromatic N) is 1. The van der Waals surface area contributed by atoms with Crippen molar-refractivity contribution in [1.82, 2.24) is 10.3 Å². The molecule has 3 aromatic rings. The van der Waals surface area contributed by atoms with Gasteiger partial charge in [-0.1, -0.05) is 60.7 Å². The molecule has 1 amide bonds. The highest BCUT2D eigenvalue weighted by molar-refractivity contribution is 5.79. The third kappa shape index (κ3) is 5.09. The van der Waals surface area contributed by atoms with E-state index in [1.807, 2.05) is 48.7 Å². The number of hydrogen-bond donors (Lipinski definition) is 1. The molecule has 1 atom stereocenters. The fourth-order valence-electron chi connectivity index (χ4n) is 3.94. The summed E-state index contributed by atoms with van der Waals surface area (Å²) in [5.74, 6) is 0.412. The second kappa shape index (κ2) is 9.48. The lowest BCUT2D eigenvalue weighted by Crippen LogP contribution is -2.36. The molecule has 0 aliphatic carbocycles. The van der Waals surface area contributed by atoms with Crippen molar-refractivity contribution in [2.45, 2.75) is 25.3 Å². The molecule has 1 N–H and O–H groups in total. The number of ether oxygens (including phenoxy) is 1. The van der Waals surface area contributed by atoms with Crippen LogP contribution in [-0.2, 0) is 16.0 Å². The van der Waals surface area contributed by atoms with Gasteiger partial charge in [0.15, 0.2) is 0 Å². The van der Waals surface area contributed by atoms with Crippen molar-refractivity contribution in [2.24, 2.45) is 5.92 Å². The van der Waals surface area contributed by atoms with E-state index in [2.05, 4.69) is 34.6 Å². The molecule has 0 radical (unpaired) electrons. The van der Waals surface area contributed by atoms with Gasteiger partial charge in [0.2, 0.25) is 5.91 Å². The number of amides is 1. The molecule has 4 heteroatoms. The normalized spacial score (nSPS) is 15.6. The van der Waals surface area contributed by atoms with Crippen molar-refractivity contribution in [3.8, 4) is 11.1 Å². The van der Waals surface area contributed by atoms with Gasteiger partial charge in [-0.15, -0.1) is 0 Å². The highest BCUT2D eigenvalue weighted by Crippen LogP contribution is 2.30. The van der Waals surface area contributed by atoms with Crippen molar-refractivity contribution in [1.29, 1.82) is 0 Å². The average Bonchev–Trinajstić information content (AvgIpc) is 2.80. The number of carbonyl (C=O) groups excluding carboxylic acids is 1. The molecule has 1 aromatic heterocycles. The van der Waals surface area contributed by atoms with Crippen LogP contribution in [0.3, 0.4) is 0 Å². The van der Waals surface area contributed by atoms with Gasteiger partial charge in [-0.05, 0) is 47.1 Å². The summed E-state index contributed by atoms with van der Waals surface area (Å²) in [5.41, 5.74) is 4.41. The van der Waals surface area contributed by atoms with Gasteiger partial charge in [0, 0.05) is 25.6 Å². The zero-order valence-corrected chi connectivity index (χ0v) is 16.5. The quantitative estimate of drug-likeness (QED) is 0.675. The molecule has 148 valence electrons. The summed E-state index contributed by atoms with van der Waals surface area (Å²) in [5, 5.41) is 3.26. The molecule has 2 heterocycles. The molecule has 1 aliphatic rings. The van der Waals surface area contributed by atoms with E-state index in [1.54, 1.807) is 6.20 Å². The highest BCUT2D eigenvalue weighted by atomic mass is 16.5. The van der Waals surface area contributed by atoms with Crippen molar-refractivity contribution >= 4 is 5.91 Å². The highest BCUT2D eigenvalue weighted by Gasteiger charge is 2.27. The standard InChI is InChI=1S/C25H26N2O2/c28-24(17-19-8-10-21(11-9-19)20-5-2-1-3-6-20)27-25(22-12-15-29-16-13-22)23-7-4-14-26-18-23/h1-11,14,18,22,25H,12-13,15-17H2,(H,27,28). The van der Waals surface area contributed by atoms with Crippen LogP contribution < -0.4 is 5.32 Å². The summed E-state index contributed by atoms with van der Waals surface area (Å²) >= 11 is 0. The van der Waals surface area contributed by atoms with Crippen LogP contribution in [0.25, 0.3) is 11.1 Å². The van der Waals surface area contributed by atoms with Gasteiger partial charge in [0.1, 0.15) is 0 Å². The molecule has 0 bridgehead atoms. The number of hydrogen-bond acceptors (Lipinski definition) is 3. The first-order chi connectivity index (χ1) is 14.3.